The van der Waals surface area contributed by atoms with Gasteiger partial charge >= 0.3 is 6.03 Å². The molecule has 1 aromatic carbocycles. The highest BCUT2D eigenvalue weighted by atomic mass is 19.1. The molecule has 2 saturated heterocycles. The molecule has 28 heavy (non-hydrogen) atoms. The number of urea groups is 1. The second-order valence-electron chi connectivity index (χ2n) is 7.74. The summed E-state index contributed by atoms with van der Waals surface area (Å²) in [6.07, 6.45) is 1.18. The zero-order valence-corrected chi connectivity index (χ0v) is 16.6. The lowest BCUT2D eigenvalue weighted by atomic mass is 10.2. The Balaban J connectivity index is 1.33. The summed E-state index contributed by atoms with van der Waals surface area (Å²) in [5, 5.41) is 5.75. The number of quaternary nitrogens is 2. The maximum atomic E-state index is 13.4. The Hall–Kier alpha value is -2.19. The summed E-state index contributed by atoms with van der Waals surface area (Å²) in [7, 11) is 0. The van der Waals surface area contributed by atoms with E-state index in [0.717, 1.165) is 13.0 Å². The van der Waals surface area contributed by atoms with Crippen LogP contribution in [0.1, 0.15) is 19.8 Å². The van der Waals surface area contributed by atoms with Crippen molar-refractivity contribution in [2.45, 2.75) is 25.8 Å². The third-order valence-electron chi connectivity index (χ3n) is 5.74. The summed E-state index contributed by atoms with van der Waals surface area (Å²) >= 11 is 0. The minimum atomic E-state index is -0.376. The van der Waals surface area contributed by atoms with Gasteiger partial charge in [-0.3, -0.25) is 4.79 Å². The van der Waals surface area contributed by atoms with E-state index in [1.54, 1.807) is 21.9 Å². The molecule has 1 atom stereocenters. The van der Waals surface area contributed by atoms with Crippen LogP contribution in [0.4, 0.5) is 14.9 Å². The maximum absolute atomic E-state index is 13.4. The number of benzene rings is 1. The predicted octanol–water partition coefficient (Wildman–Crippen LogP) is -1.58. The average Bonchev–Trinajstić information content (AvgIpc) is 3.05. The van der Waals surface area contributed by atoms with E-state index >= 15 is 0 Å². The Labute approximate surface area is 165 Å². The van der Waals surface area contributed by atoms with Gasteiger partial charge in [-0.05, 0) is 25.1 Å². The van der Waals surface area contributed by atoms with E-state index in [9.17, 15) is 14.0 Å². The molecule has 3 rings (SSSR count). The lowest BCUT2D eigenvalue weighted by Crippen LogP contribution is -3.28. The summed E-state index contributed by atoms with van der Waals surface area (Å²) in [5.41, 5.74) is 0.530. The Kier molecular flexibility index (Phi) is 7.22. The highest BCUT2D eigenvalue weighted by Gasteiger charge is 2.31. The van der Waals surface area contributed by atoms with Crippen LogP contribution < -0.4 is 25.3 Å². The van der Waals surface area contributed by atoms with Crippen LogP contribution in [0.2, 0.25) is 0 Å². The summed E-state index contributed by atoms with van der Waals surface area (Å²) < 4.78 is 13.4. The van der Waals surface area contributed by atoms with Gasteiger partial charge in [-0.1, -0.05) is 6.07 Å². The fraction of sp³-hybridized carbons (Fsp3) is 0.600. The zero-order valence-electron chi connectivity index (χ0n) is 16.6. The molecule has 0 radical (unpaired) electrons. The molecule has 0 aliphatic carbocycles. The molecule has 8 heteroatoms. The first-order valence-electron chi connectivity index (χ1n) is 10.3. The van der Waals surface area contributed by atoms with E-state index in [1.165, 1.54) is 49.8 Å². The van der Waals surface area contributed by atoms with Gasteiger partial charge in [0.15, 0.2) is 0 Å². The maximum Gasteiger partial charge on any atom is 0.315 e. The molecule has 2 fully saturated rings. The fourth-order valence-electron chi connectivity index (χ4n) is 4.04. The minimum Gasteiger partial charge on any atom is -0.338 e. The minimum absolute atomic E-state index is 0.104. The summed E-state index contributed by atoms with van der Waals surface area (Å²) in [5.74, 6) is -0.480. The molecule has 2 heterocycles. The molecule has 0 aromatic heterocycles. The molecular formula is C20H32FN5O2+2. The van der Waals surface area contributed by atoms with Gasteiger partial charge in [0.1, 0.15) is 32.0 Å². The van der Waals surface area contributed by atoms with E-state index in [0.29, 0.717) is 18.8 Å². The van der Waals surface area contributed by atoms with Crippen LogP contribution >= 0.6 is 0 Å². The third kappa shape index (κ3) is 5.65. The Morgan fingerprint density at radius 3 is 2.71 bits per heavy atom. The predicted molar refractivity (Wildman–Crippen MR) is 105 cm³/mol. The van der Waals surface area contributed by atoms with Gasteiger partial charge in [-0.2, -0.15) is 0 Å². The normalized spacial score (nSPS) is 25.0. The lowest BCUT2D eigenvalue weighted by Gasteiger charge is -2.29. The summed E-state index contributed by atoms with van der Waals surface area (Å²) in [6, 6.07) is 5.47. The molecule has 4 N–H and O–H groups in total. The number of rotatable bonds is 7. The molecule has 3 amide bonds. The average molecular weight is 394 g/mol. The van der Waals surface area contributed by atoms with Gasteiger partial charge in [-0.25, -0.2) is 9.18 Å². The van der Waals surface area contributed by atoms with Gasteiger partial charge in [0.25, 0.3) is 0 Å². The number of anilines is 1. The third-order valence-corrected chi connectivity index (χ3v) is 5.74. The van der Waals surface area contributed by atoms with Crippen LogP contribution in [0.15, 0.2) is 24.3 Å². The van der Waals surface area contributed by atoms with Crippen molar-refractivity contribution in [3.05, 3.63) is 30.1 Å². The Morgan fingerprint density at radius 1 is 1.25 bits per heavy atom. The number of amides is 3. The van der Waals surface area contributed by atoms with Crippen molar-refractivity contribution in [1.82, 2.24) is 10.6 Å². The number of piperazine rings is 1. The molecule has 0 unspecified atom stereocenters. The van der Waals surface area contributed by atoms with Crippen molar-refractivity contribution in [1.29, 1.82) is 0 Å². The van der Waals surface area contributed by atoms with Gasteiger partial charge < -0.3 is 25.3 Å². The lowest BCUT2D eigenvalue weighted by molar-refractivity contribution is -1.01. The zero-order chi connectivity index (χ0) is 19.9. The molecule has 0 bridgehead atoms. The highest BCUT2D eigenvalue weighted by molar-refractivity contribution is 5.96. The van der Waals surface area contributed by atoms with Gasteiger partial charge in [0, 0.05) is 31.6 Å². The summed E-state index contributed by atoms with van der Waals surface area (Å²) in [6.45, 7) is 10.4. The van der Waals surface area contributed by atoms with Crippen LogP contribution in [-0.2, 0) is 4.79 Å². The van der Waals surface area contributed by atoms with Crippen molar-refractivity contribution in [2.24, 2.45) is 0 Å². The first kappa shape index (κ1) is 20.5. The summed E-state index contributed by atoms with van der Waals surface area (Å²) in [4.78, 5) is 29.1. The number of hydrogen-bond acceptors (Lipinski definition) is 2. The standard InChI is InChI=1S/C20H30FN5O2/c1-2-24-9-11-25(12-10-24)8-4-7-22-20(28)23-17-14-19(27)26(15-17)18-6-3-5-16(21)13-18/h3,5-6,13,17H,2,4,7-12,14-15H2,1H3,(H2,22,23,28)/p+2/t17-/m0/s1. The van der Waals surface area contributed by atoms with Gasteiger partial charge in [0.05, 0.1) is 19.1 Å². The van der Waals surface area contributed by atoms with Crippen molar-refractivity contribution in [2.75, 3.05) is 57.3 Å². The monoisotopic (exact) mass is 393 g/mol. The van der Waals surface area contributed by atoms with Gasteiger partial charge in [-0.15, -0.1) is 0 Å². The molecule has 7 nitrogen and oxygen atoms in total. The number of nitrogens with one attached hydrogen (secondary N) is 4. The topological polar surface area (TPSA) is 70.3 Å². The Morgan fingerprint density at radius 2 is 2.00 bits per heavy atom. The smallest absolute Gasteiger partial charge is 0.315 e. The highest BCUT2D eigenvalue weighted by Crippen LogP contribution is 2.22. The molecule has 2 aliphatic rings. The van der Waals surface area contributed by atoms with Crippen molar-refractivity contribution in [3.8, 4) is 0 Å². The molecule has 1 aromatic rings. The number of nitrogens with zero attached hydrogens (tertiary/aromatic N) is 1. The van der Waals surface area contributed by atoms with Crippen molar-refractivity contribution >= 4 is 17.6 Å². The van der Waals surface area contributed by atoms with Crippen LogP contribution in [0.5, 0.6) is 0 Å². The molecule has 0 spiro atoms. The molecule has 0 saturated carbocycles. The van der Waals surface area contributed by atoms with E-state index in [-0.39, 0.29) is 30.2 Å². The van der Waals surface area contributed by atoms with Crippen LogP contribution in [-0.4, -0.2) is 70.3 Å². The number of carbonyl (C=O) groups is 2. The second kappa shape index (κ2) is 9.84. The largest absolute Gasteiger partial charge is 0.338 e. The SMILES string of the molecule is CC[NH+]1CC[NH+](CCCNC(=O)N[C@H]2CC(=O)N(c3cccc(F)c3)C2)CC1. The first-order valence-corrected chi connectivity index (χ1v) is 10.3. The van der Waals surface area contributed by atoms with Gasteiger partial charge in [0.2, 0.25) is 5.91 Å². The van der Waals surface area contributed by atoms with Crippen molar-refractivity contribution in [3.63, 3.8) is 0 Å². The van der Waals surface area contributed by atoms with E-state index in [1.807, 2.05) is 0 Å². The van der Waals surface area contributed by atoms with Crippen LogP contribution in [0, 0.1) is 5.82 Å². The van der Waals surface area contributed by atoms with Crippen LogP contribution in [0.3, 0.4) is 0 Å². The number of carbonyl (C=O) groups excluding carboxylic acids is 2. The first-order chi connectivity index (χ1) is 13.5. The Bertz CT molecular complexity index is 678. The second-order valence-corrected chi connectivity index (χ2v) is 7.74. The number of hydrogen-bond donors (Lipinski definition) is 4. The quantitative estimate of drug-likeness (QED) is 0.423. The van der Waals surface area contributed by atoms with Crippen molar-refractivity contribution < 1.29 is 23.8 Å². The molecular weight excluding hydrogens is 361 g/mol. The van der Waals surface area contributed by atoms with E-state index in [2.05, 4.69) is 17.6 Å². The number of halogens is 1. The fourth-order valence-corrected chi connectivity index (χ4v) is 4.04. The molecule has 2 aliphatic heterocycles. The van der Waals surface area contributed by atoms with E-state index < -0.39 is 0 Å². The van der Waals surface area contributed by atoms with E-state index in [4.69, 9.17) is 0 Å². The molecule has 154 valence electrons. The van der Waals surface area contributed by atoms with Crippen LogP contribution in [0.25, 0.3) is 0 Å². The number of likely N-dealkylation sites (N-methyl/N-ethyl adjacent to an activating group) is 1.